The van der Waals surface area contributed by atoms with Crippen molar-refractivity contribution in [1.29, 1.82) is 0 Å². The fraction of sp³-hybridized carbons (Fsp3) is 0.400. The molecule has 3 rings (SSSR count). The lowest BCUT2D eigenvalue weighted by molar-refractivity contribution is -0.143. The van der Waals surface area contributed by atoms with Crippen LogP contribution >= 0.6 is 0 Å². The van der Waals surface area contributed by atoms with Crippen molar-refractivity contribution in [3.8, 4) is 5.75 Å². The molecule has 0 aliphatic carbocycles. The highest BCUT2D eigenvalue weighted by molar-refractivity contribution is 5.94. The van der Waals surface area contributed by atoms with Crippen LogP contribution in [0.25, 0.3) is 10.9 Å². The highest BCUT2D eigenvalue weighted by atomic mass is 16.4. The summed E-state index contributed by atoms with van der Waals surface area (Å²) in [4.78, 5) is 54.3. The number of nitrogens with two attached hydrogens (primary N) is 1. The molecule has 3 aromatic rings. The van der Waals surface area contributed by atoms with E-state index in [0.717, 1.165) is 16.5 Å². The van der Waals surface area contributed by atoms with Crippen LogP contribution < -0.4 is 21.7 Å². The molecule has 42 heavy (non-hydrogen) atoms. The first kappa shape index (κ1) is 32.1. The highest BCUT2D eigenvalue weighted by Gasteiger charge is 2.33. The standard InChI is InChI=1S/C30H39N5O7/c1-16(2)12-24(33-27(38)22(31)14-19-15-32-23-7-5-4-6-21(19)23)28(39)35-26(17(3)36)29(40)34-25(30(41)42)13-18-8-10-20(37)11-9-18/h4-11,15-17,22,24-26,32,36-37H,12-14,31H2,1-3H3,(H,33,38)(H,34,40)(H,35,39)(H,41,42). The van der Waals surface area contributed by atoms with Crippen molar-refractivity contribution in [2.24, 2.45) is 11.7 Å². The number of carbonyl (C=O) groups is 4. The molecule has 0 spiro atoms. The minimum atomic E-state index is -1.49. The zero-order valence-corrected chi connectivity index (χ0v) is 23.8. The Balaban J connectivity index is 1.68. The van der Waals surface area contributed by atoms with E-state index >= 15 is 0 Å². The monoisotopic (exact) mass is 581 g/mol. The van der Waals surface area contributed by atoms with Crippen molar-refractivity contribution in [2.75, 3.05) is 0 Å². The van der Waals surface area contributed by atoms with Gasteiger partial charge in [0.05, 0.1) is 12.1 Å². The normalized spacial score (nSPS) is 14.9. The maximum absolute atomic E-state index is 13.3. The lowest BCUT2D eigenvalue weighted by Gasteiger charge is -2.27. The number of carbonyl (C=O) groups excluding carboxylic acids is 3. The molecule has 1 heterocycles. The molecule has 2 aromatic carbocycles. The molecular weight excluding hydrogens is 542 g/mol. The molecule has 3 amide bonds. The number of fused-ring (bicyclic) bond motifs is 1. The summed E-state index contributed by atoms with van der Waals surface area (Å²) in [5.41, 5.74) is 8.50. The lowest BCUT2D eigenvalue weighted by atomic mass is 10.0. The lowest BCUT2D eigenvalue weighted by Crippen LogP contribution is -2.60. The van der Waals surface area contributed by atoms with Crippen molar-refractivity contribution in [3.63, 3.8) is 0 Å². The molecule has 0 saturated carbocycles. The van der Waals surface area contributed by atoms with Crippen molar-refractivity contribution < 1.29 is 34.5 Å². The van der Waals surface area contributed by atoms with Gasteiger partial charge in [-0.3, -0.25) is 14.4 Å². The Morgan fingerprint density at radius 2 is 1.50 bits per heavy atom. The van der Waals surface area contributed by atoms with Crippen LogP contribution in [0.5, 0.6) is 5.75 Å². The summed E-state index contributed by atoms with van der Waals surface area (Å²) >= 11 is 0. The Bertz CT molecular complexity index is 1390. The predicted octanol–water partition coefficient (Wildman–Crippen LogP) is 0.952. The number of H-pyrrole nitrogens is 1. The minimum Gasteiger partial charge on any atom is -0.508 e. The topological polar surface area (TPSA) is 207 Å². The summed E-state index contributed by atoms with van der Waals surface area (Å²) in [7, 11) is 0. The molecule has 0 saturated heterocycles. The number of nitrogens with one attached hydrogen (secondary N) is 4. The molecule has 226 valence electrons. The van der Waals surface area contributed by atoms with Crippen molar-refractivity contribution in [1.82, 2.24) is 20.9 Å². The third kappa shape index (κ3) is 8.79. The number of carboxylic acids is 1. The second-order valence-corrected chi connectivity index (χ2v) is 10.9. The van der Waals surface area contributed by atoms with Gasteiger partial charge in [0.2, 0.25) is 17.7 Å². The van der Waals surface area contributed by atoms with Crippen LogP contribution in [0, 0.1) is 5.92 Å². The SMILES string of the molecule is CC(C)CC(NC(=O)C(N)Cc1c[nH]c2ccccc12)C(=O)NC(C(=O)NC(Cc1ccc(O)cc1)C(=O)O)C(C)O. The van der Waals surface area contributed by atoms with Crippen LogP contribution in [0.15, 0.2) is 54.7 Å². The number of benzene rings is 2. The number of aliphatic hydroxyl groups is 1. The van der Waals surface area contributed by atoms with E-state index in [-0.39, 0.29) is 30.9 Å². The maximum atomic E-state index is 13.3. The largest absolute Gasteiger partial charge is 0.508 e. The zero-order chi connectivity index (χ0) is 31.0. The van der Waals surface area contributed by atoms with Gasteiger partial charge in [-0.15, -0.1) is 0 Å². The molecule has 0 aliphatic heterocycles. The average molecular weight is 582 g/mol. The first-order chi connectivity index (χ1) is 19.8. The number of aliphatic carboxylic acids is 1. The molecule has 0 bridgehead atoms. The number of hydrogen-bond donors (Lipinski definition) is 8. The minimum absolute atomic E-state index is 0.00788. The van der Waals surface area contributed by atoms with Gasteiger partial charge in [-0.2, -0.15) is 0 Å². The quantitative estimate of drug-likeness (QED) is 0.137. The Labute approximate surface area is 243 Å². The number of carboxylic acid groups (broad SMARTS) is 1. The number of aromatic hydroxyl groups is 1. The van der Waals surface area contributed by atoms with Crippen LogP contribution in [0.1, 0.15) is 38.3 Å². The van der Waals surface area contributed by atoms with Crippen LogP contribution in [0.2, 0.25) is 0 Å². The number of rotatable bonds is 14. The second-order valence-electron chi connectivity index (χ2n) is 10.9. The van der Waals surface area contributed by atoms with E-state index in [9.17, 15) is 34.5 Å². The van der Waals surface area contributed by atoms with E-state index in [1.807, 2.05) is 38.1 Å². The molecule has 12 heteroatoms. The number of aliphatic hydroxyl groups excluding tert-OH is 1. The molecule has 0 radical (unpaired) electrons. The molecule has 9 N–H and O–H groups in total. The van der Waals surface area contributed by atoms with Gasteiger partial charge in [0.1, 0.15) is 23.9 Å². The third-order valence-corrected chi connectivity index (χ3v) is 6.84. The van der Waals surface area contributed by atoms with Gasteiger partial charge in [-0.05, 0) is 55.0 Å². The fourth-order valence-electron chi connectivity index (χ4n) is 4.60. The van der Waals surface area contributed by atoms with Crippen LogP contribution in [-0.4, -0.2) is 74.3 Å². The predicted molar refractivity (Wildman–Crippen MR) is 156 cm³/mol. The number of phenols is 1. The molecule has 12 nitrogen and oxygen atoms in total. The van der Waals surface area contributed by atoms with Gasteiger partial charge in [0.25, 0.3) is 0 Å². The van der Waals surface area contributed by atoms with E-state index in [0.29, 0.717) is 5.56 Å². The van der Waals surface area contributed by atoms with E-state index in [1.54, 1.807) is 6.20 Å². The summed E-state index contributed by atoms with van der Waals surface area (Å²) in [5.74, 6) is -3.52. The first-order valence-corrected chi connectivity index (χ1v) is 13.8. The van der Waals surface area contributed by atoms with Crippen molar-refractivity contribution in [3.05, 3.63) is 65.9 Å². The van der Waals surface area contributed by atoms with Crippen molar-refractivity contribution >= 4 is 34.6 Å². The Hall–Kier alpha value is -4.42. The van der Waals surface area contributed by atoms with Crippen LogP contribution in [0.4, 0.5) is 0 Å². The van der Waals surface area contributed by atoms with Gasteiger partial charge >= 0.3 is 5.97 Å². The van der Waals surface area contributed by atoms with E-state index in [2.05, 4.69) is 20.9 Å². The van der Waals surface area contributed by atoms with Crippen LogP contribution in [0.3, 0.4) is 0 Å². The number of phenolic OH excluding ortho intramolecular Hbond substituents is 1. The summed E-state index contributed by atoms with van der Waals surface area (Å²) in [6, 6.07) is 8.55. The van der Waals surface area contributed by atoms with Gasteiger partial charge in [-0.1, -0.05) is 44.2 Å². The molecule has 0 fully saturated rings. The Morgan fingerprint density at radius 3 is 2.12 bits per heavy atom. The maximum Gasteiger partial charge on any atom is 0.326 e. The molecule has 5 unspecified atom stereocenters. The van der Waals surface area contributed by atoms with Crippen LogP contribution in [-0.2, 0) is 32.0 Å². The Morgan fingerprint density at radius 1 is 0.857 bits per heavy atom. The van der Waals surface area contributed by atoms with E-state index in [4.69, 9.17) is 5.73 Å². The molecule has 5 atom stereocenters. The van der Waals surface area contributed by atoms with Crippen molar-refractivity contribution in [2.45, 2.75) is 70.3 Å². The second kappa shape index (κ2) is 14.5. The summed E-state index contributed by atoms with van der Waals surface area (Å²) in [6.45, 7) is 5.00. The number of aromatic nitrogens is 1. The summed E-state index contributed by atoms with van der Waals surface area (Å²) < 4.78 is 0. The van der Waals surface area contributed by atoms with E-state index < -0.39 is 54.0 Å². The number of para-hydroxylation sites is 1. The van der Waals surface area contributed by atoms with Gasteiger partial charge < -0.3 is 42.0 Å². The Kier molecular flexibility index (Phi) is 11.1. The number of hydrogen-bond acceptors (Lipinski definition) is 7. The third-order valence-electron chi connectivity index (χ3n) is 6.84. The fourth-order valence-corrected chi connectivity index (χ4v) is 4.60. The zero-order valence-electron chi connectivity index (χ0n) is 23.8. The van der Waals surface area contributed by atoms with Gasteiger partial charge in [0, 0.05) is 23.5 Å². The highest BCUT2D eigenvalue weighted by Crippen LogP contribution is 2.19. The number of amides is 3. The molecule has 0 aliphatic rings. The number of aromatic amines is 1. The molecular formula is C30H39N5O7. The summed E-state index contributed by atoms with van der Waals surface area (Å²) in [5, 5.41) is 37.8. The first-order valence-electron chi connectivity index (χ1n) is 13.8. The average Bonchev–Trinajstić information content (AvgIpc) is 3.33. The smallest absolute Gasteiger partial charge is 0.326 e. The van der Waals surface area contributed by atoms with E-state index in [1.165, 1.54) is 31.2 Å². The van der Waals surface area contributed by atoms with Gasteiger partial charge in [-0.25, -0.2) is 4.79 Å². The summed E-state index contributed by atoms with van der Waals surface area (Å²) in [6.07, 6.45) is 0.763. The molecule has 1 aromatic heterocycles. The van der Waals surface area contributed by atoms with Gasteiger partial charge in [0.15, 0.2) is 0 Å².